The smallest absolute Gasteiger partial charge is 0.262 e. The van der Waals surface area contributed by atoms with Gasteiger partial charge in [0.1, 0.15) is 5.01 Å². The highest BCUT2D eigenvalue weighted by atomic mass is 32.2. The summed E-state index contributed by atoms with van der Waals surface area (Å²) in [4.78, 5) is 35.0. The van der Waals surface area contributed by atoms with E-state index in [4.69, 9.17) is 0 Å². The predicted molar refractivity (Wildman–Crippen MR) is 128 cm³/mol. The van der Waals surface area contributed by atoms with Crippen LogP contribution in [0.4, 0.5) is 0 Å². The van der Waals surface area contributed by atoms with Crippen molar-refractivity contribution >= 4 is 39.8 Å². The van der Waals surface area contributed by atoms with E-state index < -0.39 is 5.92 Å². The normalized spacial score (nSPS) is 12.1. The first-order valence-corrected chi connectivity index (χ1v) is 11.9. The molecule has 4 aromatic rings. The van der Waals surface area contributed by atoms with Crippen LogP contribution in [0.2, 0.25) is 0 Å². The molecule has 0 N–H and O–H groups in total. The second-order valence-corrected chi connectivity index (χ2v) is 9.27. The van der Waals surface area contributed by atoms with Crippen LogP contribution < -0.4 is 5.56 Å². The van der Waals surface area contributed by atoms with E-state index in [9.17, 15) is 14.9 Å². The number of fused-ring (bicyclic) bond motifs is 1. The van der Waals surface area contributed by atoms with Crippen molar-refractivity contribution in [1.82, 2.24) is 14.5 Å². The first-order chi connectivity index (χ1) is 15.5. The number of ketones is 1. The fourth-order valence-corrected chi connectivity index (χ4v) is 5.25. The number of rotatable bonds is 7. The van der Waals surface area contributed by atoms with Crippen molar-refractivity contribution in [3.63, 3.8) is 0 Å². The average molecular weight is 461 g/mol. The van der Waals surface area contributed by atoms with E-state index in [1.807, 2.05) is 61.7 Å². The van der Waals surface area contributed by atoms with Gasteiger partial charge < -0.3 is 0 Å². The molecule has 0 aliphatic heterocycles. The molecule has 0 saturated heterocycles. The van der Waals surface area contributed by atoms with Gasteiger partial charge in [0.05, 0.1) is 28.4 Å². The van der Waals surface area contributed by atoms with Crippen molar-refractivity contribution in [3.8, 4) is 17.3 Å². The van der Waals surface area contributed by atoms with Gasteiger partial charge in [-0.3, -0.25) is 14.2 Å². The van der Waals surface area contributed by atoms with Gasteiger partial charge in [-0.25, -0.2) is 9.97 Å². The molecule has 0 amide bonds. The summed E-state index contributed by atoms with van der Waals surface area (Å²) in [6.45, 7) is 3.81. The monoisotopic (exact) mass is 460 g/mol. The second-order valence-electron chi connectivity index (χ2n) is 7.43. The standard InChI is InChI=1S/C24H20N4O2S2/c1-15(2)28-23(30)17-10-6-7-11-19(17)27-24(28)32-14-21(29)18(12-25)22-26-20(13-31-22)16-8-4-3-5-9-16/h3-11,13,15,18H,14H2,1-2H3. The van der Waals surface area contributed by atoms with Gasteiger partial charge in [-0.2, -0.15) is 5.26 Å². The summed E-state index contributed by atoms with van der Waals surface area (Å²) in [5.41, 5.74) is 2.14. The Bertz CT molecular complexity index is 1370. The minimum Gasteiger partial charge on any atom is -0.297 e. The Kier molecular flexibility index (Phi) is 6.49. The Morgan fingerprint density at radius 3 is 2.56 bits per heavy atom. The van der Waals surface area contributed by atoms with Gasteiger partial charge in [0, 0.05) is 17.0 Å². The molecule has 32 heavy (non-hydrogen) atoms. The number of nitriles is 1. The zero-order valence-corrected chi connectivity index (χ0v) is 19.2. The van der Waals surface area contributed by atoms with Crippen molar-refractivity contribution in [2.75, 3.05) is 5.75 Å². The lowest BCUT2D eigenvalue weighted by Gasteiger charge is -2.16. The van der Waals surface area contributed by atoms with E-state index in [0.717, 1.165) is 11.3 Å². The van der Waals surface area contributed by atoms with E-state index in [2.05, 4.69) is 16.0 Å². The Morgan fingerprint density at radius 1 is 1.12 bits per heavy atom. The SMILES string of the molecule is CC(C)n1c(SCC(=O)C(C#N)c2nc(-c3ccccc3)cs2)nc2ccccc2c1=O. The highest BCUT2D eigenvalue weighted by molar-refractivity contribution is 7.99. The molecule has 0 aliphatic rings. The Hall–Kier alpha value is -3.28. The van der Waals surface area contributed by atoms with Gasteiger partial charge in [0.25, 0.3) is 5.56 Å². The lowest BCUT2D eigenvalue weighted by Crippen LogP contribution is -2.25. The third kappa shape index (κ3) is 4.35. The number of para-hydroxylation sites is 1. The molecule has 0 fully saturated rings. The fraction of sp³-hybridized carbons (Fsp3) is 0.208. The first-order valence-electron chi connectivity index (χ1n) is 10.1. The summed E-state index contributed by atoms with van der Waals surface area (Å²) < 4.78 is 1.60. The highest BCUT2D eigenvalue weighted by Crippen LogP contribution is 2.29. The number of nitrogens with zero attached hydrogens (tertiary/aromatic N) is 4. The Morgan fingerprint density at radius 2 is 1.84 bits per heavy atom. The molecule has 0 aliphatic carbocycles. The fourth-order valence-electron chi connectivity index (χ4n) is 3.33. The molecule has 8 heteroatoms. The zero-order valence-electron chi connectivity index (χ0n) is 17.6. The molecule has 4 rings (SSSR count). The average Bonchev–Trinajstić information content (AvgIpc) is 3.28. The molecule has 0 bridgehead atoms. The first kappa shape index (κ1) is 21.9. The molecular weight excluding hydrogens is 440 g/mol. The Labute approximate surface area is 193 Å². The molecule has 0 spiro atoms. The van der Waals surface area contributed by atoms with E-state index in [0.29, 0.717) is 21.1 Å². The lowest BCUT2D eigenvalue weighted by molar-refractivity contribution is -0.116. The highest BCUT2D eigenvalue weighted by Gasteiger charge is 2.25. The molecule has 2 heterocycles. The van der Waals surface area contributed by atoms with Crippen LogP contribution in [0.5, 0.6) is 0 Å². The van der Waals surface area contributed by atoms with Crippen molar-refractivity contribution in [3.05, 3.63) is 75.3 Å². The molecule has 2 aromatic heterocycles. The molecule has 0 saturated carbocycles. The summed E-state index contributed by atoms with van der Waals surface area (Å²) in [5, 5.41) is 13.0. The second kappa shape index (κ2) is 9.47. The molecule has 6 nitrogen and oxygen atoms in total. The van der Waals surface area contributed by atoms with Gasteiger partial charge in [-0.15, -0.1) is 11.3 Å². The zero-order chi connectivity index (χ0) is 22.7. The molecular formula is C24H20N4O2S2. The van der Waals surface area contributed by atoms with Gasteiger partial charge in [0.15, 0.2) is 16.9 Å². The number of Topliss-reactive ketones (excluding diaryl/α,β-unsaturated/α-hetero) is 1. The number of benzene rings is 2. The third-order valence-corrected chi connectivity index (χ3v) is 6.81. The van der Waals surface area contributed by atoms with Crippen molar-refractivity contribution in [2.24, 2.45) is 0 Å². The molecule has 2 aromatic carbocycles. The van der Waals surface area contributed by atoms with Crippen LogP contribution in [-0.4, -0.2) is 26.1 Å². The topological polar surface area (TPSA) is 88.6 Å². The predicted octanol–water partition coefficient (Wildman–Crippen LogP) is 5.07. The number of aromatic nitrogens is 3. The van der Waals surface area contributed by atoms with E-state index in [1.165, 1.54) is 23.1 Å². The van der Waals surface area contributed by atoms with E-state index >= 15 is 0 Å². The number of carbonyl (C=O) groups is 1. The summed E-state index contributed by atoms with van der Waals surface area (Å²) in [6.07, 6.45) is 0. The van der Waals surface area contributed by atoms with Crippen LogP contribution >= 0.6 is 23.1 Å². The lowest BCUT2D eigenvalue weighted by atomic mass is 10.1. The number of hydrogen-bond donors (Lipinski definition) is 0. The summed E-state index contributed by atoms with van der Waals surface area (Å²) >= 11 is 2.49. The maximum atomic E-state index is 12.9. The largest absolute Gasteiger partial charge is 0.297 e. The number of thiazole rings is 1. The third-order valence-electron chi connectivity index (χ3n) is 4.92. The van der Waals surface area contributed by atoms with E-state index in [1.54, 1.807) is 16.7 Å². The van der Waals surface area contributed by atoms with E-state index in [-0.39, 0.29) is 23.1 Å². The van der Waals surface area contributed by atoms with Crippen molar-refractivity contribution < 1.29 is 4.79 Å². The molecule has 0 radical (unpaired) electrons. The van der Waals surface area contributed by atoms with Gasteiger partial charge in [0.2, 0.25) is 0 Å². The van der Waals surface area contributed by atoms with Gasteiger partial charge in [-0.05, 0) is 26.0 Å². The number of hydrogen-bond acceptors (Lipinski definition) is 7. The van der Waals surface area contributed by atoms with Crippen molar-refractivity contribution in [2.45, 2.75) is 31.0 Å². The van der Waals surface area contributed by atoms with Crippen LogP contribution in [0.3, 0.4) is 0 Å². The number of carbonyl (C=O) groups excluding carboxylic acids is 1. The summed E-state index contributed by atoms with van der Waals surface area (Å²) in [6, 6.07) is 18.8. The Balaban J connectivity index is 1.57. The van der Waals surface area contributed by atoms with Crippen LogP contribution in [0.15, 0.2) is 69.9 Å². The quantitative estimate of drug-likeness (QED) is 0.283. The maximum absolute atomic E-state index is 12.9. The maximum Gasteiger partial charge on any atom is 0.262 e. The molecule has 1 unspecified atom stereocenters. The van der Waals surface area contributed by atoms with Crippen LogP contribution in [0.25, 0.3) is 22.2 Å². The number of thioether (sulfide) groups is 1. The molecule has 160 valence electrons. The minimum atomic E-state index is -0.954. The summed E-state index contributed by atoms with van der Waals surface area (Å²) in [7, 11) is 0. The van der Waals surface area contributed by atoms with Gasteiger partial charge in [-0.1, -0.05) is 54.2 Å². The van der Waals surface area contributed by atoms with Crippen LogP contribution in [-0.2, 0) is 4.79 Å². The molecule has 1 atom stereocenters. The summed E-state index contributed by atoms with van der Waals surface area (Å²) in [5.74, 6) is -1.19. The van der Waals surface area contributed by atoms with Crippen LogP contribution in [0.1, 0.15) is 30.8 Å². The minimum absolute atomic E-state index is 0.0238. The van der Waals surface area contributed by atoms with Gasteiger partial charge >= 0.3 is 0 Å². The van der Waals surface area contributed by atoms with Crippen molar-refractivity contribution in [1.29, 1.82) is 5.26 Å². The van der Waals surface area contributed by atoms with Crippen LogP contribution in [0, 0.1) is 11.3 Å².